The first-order chi connectivity index (χ1) is 7.76. The molecule has 3 nitrogen and oxygen atoms in total. The summed E-state index contributed by atoms with van der Waals surface area (Å²) in [6.45, 7) is 1.91. The molecule has 0 amide bonds. The lowest BCUT2D eigenvalue weighted by Crippen LogP contribution is -2.13. The Labute approximate surface area is 104 Å². The van der Waals surface area contributed by atoms with Crippen LogP contribution in [0.5, 0.6) is 11.5 Å². The second-order valence-corrected chi connectivity index (χ2v) is 3.79. The summed E-state index contributed by atoms with van der Waals surface area (Å²) < 4.78 is 10.9. The summed E-state index contributed by atoms with van der Waals surface area (Å²) in [5.41, 5.74) is 0.980. The second-order valence-electron chi connectivity index (χ2n) is 3.23. The monoisotopic (exact) mass is 283 g/mol. The summed E-state index contributed by atoms with van der Waals surface area (Å²) >= 11 is 3.39. The van der Waals surface area contributed by atoms with Gasteiger partial charge in [-0.05, 0) is 12.5 Å². The Kier molecular flexibility index (Phi) is 5.13. The highest BCUT2D eigenvalue weighted by atomic mass is 79.9. The number of para-hydroxylation sites is 1. The zero-order valence-electron chi connectivity index (χ0n) is 9.37. The molecule has 0 aliphatic rings. The molecule has 0 aliphatic carbocycles. The van der Waals surface area contributed by atoms with Crippen molar-refractivity contribution in [3.63, 3.8) is 0 Å². The molecule has 0 saturated heterocycles. The Bertz CT molecular complexity index is 365. The topological polar surface area (TPSA) is 42.2 Å². The second kappa shape index (κ2) is 6.39. The molecule has 86 valence electrons. The van der Waals surface area contributed by atoms with Crippen LogP contribution in [-0.2, 0) is 5.33 Å². The van der Waals surface area contributed by atoms with E-state index in [9.17, 15) is 0 Å². The number of ether oxygens (including phenoxy) is 2. The third-order valence-electron chi connectivity index (χ3n) is 2.20. The Morgan fingerprint density at radius 3 is 2.75 bits per heavy atom. The standard InChI is InChI=1S/C12H14BrNO2/c1-3-10(8-14)16-12-9(7-13)5-4-6-11(12)15-2/h4-6,10H,3,7H2,1-2H3. The van der Waals surface area contributed by atoms with E-state index in [1.54, 1.807) is 7.11 Å². The Hall–Kier alpha value is -1.21. The third-order valence-corrected chi connectivity index (χ3v) is 2.80. The summed E-state index contributed by atoms with van der Waals surface area (Å²) in [4.78, 5) is 0. The fourth-order valence-electron chi connectivity index (χ4n) is 1.30. The minimum Gasteiger partial charge on any atom is -0.493 e. The van der Waals surface area contributed by atoms with Gasteiger partial charge in [0.2, 0.25) is 0 Å². The number of halogens is 1. The lowest BCUT2D eigenvalue weighted by molar-refractivity contribution is 0.237. The normalized spacial score (nSPS) is 11.6. The van der Waals surface area contributed by atoms with Crippen molar-refractivity contribution < 1.29 is 9.47 Å². The van der Waals surface area contributed by atoms with Gasteiger partial charge in [0.05, 0.1) is 7.11 Å². The van der Waals surface area contributed by atoms with E-state index >= 15 is 0 Å². The lowest BCUT2D eigenvalue weighted by Gasteiger charge is -2.16. The van der Waals surface area contributed by atoms with Crippen molar-refractivity contribution in [1.29, 1.82) is 5.26 Å². The van der Waals surface area contributed by atoms with Crippen LogP contribution in [0, 0.1) is 11.3 Å². The average Bonchev–Trinajstić information content (AvgIpc) is 2.35. The third kappa shape index (κ3) is 2.89. The van der Waals surface area contributed by atoms with Gasteiger partial charge >= 0.3 is 0 Å². The highest BCUT2D eigenvalue weighted by Crippen LogP contribution is 2.33. The molecule has 0 heterocycles. The van der Waals surface area contributed by atoms with Crippen molar-refractivity contribution in [2.75, 3.05) is 7.11 Å². The van der Waals surface area contributed by atoms with Crippen molar-refractivity contribution >= 4 is 15.9 Å². The van der Waals surface area contributed by atoms with E-state index in [2.05, 4.69) is 22.0 Å². The minimum atomic E-state index is -0.436. The maximum absolute atomic E-state index is 8.89. The number of alkyl halides is 1. The van der Waals surface area contributed by atoms with Crippen molar-refractivity contribution in [2.45, 2.75) is 24.8 Å². The Morgan fingerprint density at radius 2 is 2.25 bits per heavy atom. The number of methoxy groups -OCH3 is 1. The molecular weight excluding hydrogens is 270 g/mol. The molecule has 1 rings (SSSR count). The van der Waals surface area contributed by atoms with Crippen LogP contribution in [0.1, 0.15) is 18.9 Å². The highest BCUT2D eigenvalue weighted by Gasteiger charge is 2.14. The zero-order valence-corrected chi connectivity index (χ0v) is 11.0. The van der Waals surface area contributed by atoms with Crippen LogP contribution in [0.25, 0.3) is 0 Å². The summed E-state index contributed by atoms with van der Waals surface area (Å²) in [6, 6.07) is 7.77. The molecular formula is C12H14BrNO2. The van der Waals surface area contributed by atoms with E-state index in [0.717, 1.165) is 5.56 Å². The minimum absolute atomic E-state index is 0.436. The molecule has 0 aliphatic heterocycles. The molecule has 0 radical (unpaired) electrons. The van der Waals surface area contributed by atoms with Gasteiger partial charge in [0, 0.05) is 10.9 Å². The molecule has 1 unspecified atom stereocenters. The van der Waals surface area contributed by atoms with E-state index < -0.39 is 6.10 Å². The SMILES string of the molecule is CCC(C#N)Oc1c(CBr)cccc1OC. The van der Waals surface area contributed by atoms with Crippen LogP contribution in [0.15, 0.2) is 18.2 Å². The lowest BCUT2D eigenvalue weighted by atomic mass is 10.2. The van der Waals surface area contributed by atoms with Crippen LogP contribution in [-0.4, -0.2) is 13.2 Å². The van der Waals surface area contributed by atoms with Crippen LogP contribution in [0.4, 0.5) is 0 Å². The maximum Gasteiger partial charge on any atom is 0.184 e. The van der Waals surface area contributed by atoms with E-state index in [4.69, 9.17) is 14.7 Å². The Balaban J connectivity index is 3.04. The van der Waals surface area contributed by atoms with Crippen molar-refractivity contribution in [3.8, 4) is 17.6 Å². The molecule has 16 heavy (non-hydrogen) atoms. The number of nitriles is 1. The summed E-state index contributed by atoms with van der Waals surface area (Å²) in [5.74, 6) is 1.31. The van der Waals surface area contributed by atoms with Crippen LogP contribution >= 0.6 is 15.9 Å². The number of nitrogens with zero attached hydrogens (tertiary/aromatic N) is 1. The number of rotatable bonds is 5. The van der Waals surface area contributed by atoms with Gasteiger partial charge in [-0.3, -0.25) is 0 Å². The first-order valence-electron chi connectivity index (χ1n) is 5.04. The highest BCUT2D eigenvalue weighted by molar-refractivity contribution is 9.08. The summed E-state index contributed by atoms with van der Waals surface area (Å²) in [7, 11) is 1.59. The number of hydrogen-bond donors (Lipinski definition) is 0. The van der Waals surface area contributed by atoms with Crippen LogP contribution in [0.2, 0.25) is 0 Å². The molecule has 0 N–H and O–H groups in total. The average molecular weight is 284 g/mol. The molecule has 0 bridgehead atoms. The number of benzene rings is 1. The quantitative estimate of drug-likeness (QED) is 0.779. The Morgan fingerprint density at radius 1 is 1.50 bits per heavy atom. The maximum atomic E-state index is 8.89. The zero-order chi connectivity index (χ0) is 12.0. The van der Waals surface area contributed by atoms with Gasteiger partial charge in [-0.15, -0.1) is 0 Å². The van der Waals surface area contributed by atoms with Crippen molar-refractivity contribution in [1.82, 2.24) is 0 Å². The molecule has 1 aromatic rings. The smallest absolute Gasteiger partial charge is 0.184 e. The predicted molar refractivity (Wildman–Crippen MR) is 65.9 cm³/mol. The first-order valence-corrected chi connectivity index (χ1v) is 6.17. The van der Waals surface area contributed by atoms with E-state index in [1.165, 1.54) is 0 Å². The fraction of sp³-hybridized carbons (Fsp3) is 0.417. The molecule has 0 aromatic heterocycles. The van der Waals surface area contributed by atoms with Crippen LogP contribution < -0.4 is 9.47 Å². The van der Waals surface area contributed by atoms with E-state index in [0.29, 0.717) is 23.2 Å². The molecule has 0 fully saturated rings. The van der Waals surface area contributed by atoms with E-state index in [-0.39, 0.29) is 0 Å². The van der Waals surface area contributed by atoms with Gasteiger partial charge in [-0.25, -0.2) is 0 Å². The predicted octanol–water partition coefficient (Wildman–Crippen LogP) is 3.27. The molecule has 0 saturated carbocycles. The molecule has 1 atom stereocenters. The van der Waals surface area contributed by atoms with Gasteiger partial charge in [0.25, 0.3) is 0 Å². The largest absolute Gasteiger partial charge is 0.493 e. The van der Waals surface area contributed by atoms with Gasteiger partial charge in [0.15, 0.2) is 17.6 Å². The first kappa shape index (κ1) is 12.9. The fourth-order valence-corrected chi connectivity index (χ4v) is 1.75. The summed E-state index contributed by atoms with van der Waals surface area (Å²) in [5, 5.41) is 9.56. The molecule has 0 spiro atoms. The molecule has 4 heteroatoms. The van der Waals surface area contributed by atoms with Gasteiger partial charge in [-0.1, -0.05) is 35.0 Å². The summed E-state index contributed by atoms with van der Waals surface area (Å²) in [6.07, 6.45) is 0.213. The van der Waals surface area contributed by atoms with Gasteiger partial charge in [-0.2, -0.15) is 5.26 Å². The molecule has 1 aromatic carbocycles. The van der Waals surface area contributed by atoms with Gasteiger partial charge in [0.1, 0.15) is 6.07 Å². The van der Waals surface area contributed by atoms with Gasteiger partial charge < -0.3 is 9.47 Å². The van der Waals surface area contributed by atoms with Crippen molar-refractivity contribution in [2.24, 2.45) is 0 Å². The van der Waals surface area contributed by atoms with Crippen molar-refractivity contribution in [3.05, 3.63) is 23.8 Å². The van der Waals surface area contributed by atoms with Crippen LogP contribution in [0.3, 0.4) is 0 Å². The number of hydrogen-bond acceptors (Lipinski definition) is 3. The van der Waals surface area contributed by atoms with E-state index in [1.807, 2.05) is 25.1 Å².